The molecule has 0 aliphatic heterocycles. The molecule has 0 spiro atoms. The van der Waals surface area contributed by atoms with Gasteiger partial charge in [0, 0.05) is 41.9 Å². The largest absolute Gasteiger partial charge is 0.454 e. The SMILES string of the molecule is CC(=O)O[C@H]1C(=O)C[C@@H]2C(=CC[C@H]3[C@@]2(C)C(=O)C[C@]2(C)C(C(C)=O)=CC[C@@]32C)C1(C)C. The van der Waals surface area contributed by atoms with Gasteiger partial charge in [-0.25, -0.2) is 0 Å². The van der Waals surface area contributed by atoms with Crippen LogP contribution in [0.3, 0.4) is 0 Å². The van der Waals surface area contributed by atoms with Gasteiger partial charge in [0.1, 0.15) is 5.78 Å². The Morgan fingerprint density at radius 2 is 1.68 bits per heavy atom. The van der Waals surface area contributed by atoms with Crippen LogP contribution in [0.2, 0.25) is 0 Å². The second-order valence-corrected chi connectivity index (χ2v) is 11.4. The second-order valence-electron chi connectivity index (χ2n) is 11.4. The molecule has 0 aromatic heterocycles. The maximum absolute atomic E-state index is 13.9. The number of Topliss-reactive ketones (excluding diaryl/α,β-unsaturated/α-hetero) is 3. The summed E-state index contributed by atoms with van der Waals surface area (Å²) in [5, 5.41) is 0. The molecule has 6 atom stereocenters. The van der Waals surface area contributed by atoms with Gasteiger partial charge in [0.15, 0.2) is 17.7 Å². The fourth-order valence-corrected chi connectivity index (χ4v) is 7.72. The number of hydrogen-bond acceptors (Lipinski definition) is 5. The number of rotatable bonds is 2. The van der Waals surface area contributed by atoms with Gasteiger partial charge in [0.25, 0.3) is 0 Å². The molecule has 0 aromatic carbocycles. The van der Waals surface area contributed by atoms with Gasteiger partial charge in [-0.05, 0) is 36.7 Å². The number of ether oxygens (including phenoxy) is 1. The summed E-state index contributed by atoms with van der Waals surface area (Å²) in [6.07, 6.45) is 5.48. The van der Waals surface area contributed by atoms with E-state index in [0.29, 0.717) is 6.42 Å². The average molecular weight is 427 g/mol. The fourth-order valence-electron chi connectivity index (χ4n) is 7.72. The number of fused-ring (bicyclic) bond motifs is 5. The predicted molar refractivity (Wildman–Crippen MR) is 116 cm³/mol. The number of ketones is 3. The molecular weight excluding hydrogens is 392 g/mol. The minimum atomic E-state index is -0.815. The first-order valence-electron chi connectivity index (χ1n) is 11.4. The standard InChI is InChI=1S/C26H34O5/c1-14(27)16-10-11-24(5)20-9-8-17-18(26(20,7)21(30)13-25(16,24)6)12-19(29)22(23(17,3)4)31-15(2)28/h8,10,18,20,22H,9,11-13H2,1-7H3/t18-,20-,22+,24+,25-,26+/m1/s1. The Morgan fingerprint density at radius 1 is 1.03 bits per heavy atom. The van der Waals surface area contributed by atoms with Crippen molar-refractivity contribution in [2.45, 2.75) is 80.3 Å². The summed E-state index contributed by atoms with van der Waals surface area (Å²) in [6, 6.07) is 0. The Hall–Kier alpha value is -2.04. The normalized spacial score (nSPS) is 43.3. The van der Waals surface area contributed by atoms with Crippen molar-refractivity contribution < 1.29 is 23.9 Å². The van der Waals surface area contributed by atoms with Gasteiger partial charge in [0.05, 0.1) is 0 Å². The van der Waals surface area contributed by atoms with E-state index in [0.717, 1.165) is 24.0 Å². The first-order valence-corrected chi connectivity index (χ1v) is 11.4. The van der Waals surface area contributed by atoms with Gasteiger partial charge in [-0.15, -0.1) is 0 Å². The lowest BCUT2D eigenvalue weighted by molar-refractivity contribution is -0.172. The van der Waals surface area contributed by atoms with Crippen LogP contribution in [0.4, 0.5) is 0 Å². The van der Waals surface area contributed by atoms with Crippen LogP contribution in [0.15, 0.2) is 23.3 Å². The summed E-state index contributed by atoms with van der Waals surface area (Å²) < 4.78 is 5.45. The van der Waals surface area contributed by atoms with E-state index in [4.69, 9.17) is 4.74 Å². The maximum atomic E-state index is 13.9. The van der Waals surface area contributed by atoms with E-state index in [1.807, 2.05) is 26.8 Å². The van der Waals surface area contributed by atoms with E-state index >= 15 is 0 Å². The molecule has 4 aliphatic rings. The van der Waals surface area contributed by atoms with Crippen LogP contribution in [0.5, 0.6) is 0 Å². The molecule has 0 radical (unpaired) electrons. The lowest BCUT2D eigenvalue weighted by Crippen LogP contribution is -2.64. The number of hydrogen-bond donors (Lipinski definition) is 0. The van der Waals surface area contributed by atoms with Crippen LogP contribution < -0.4 is 0 Å². The molecule has 0 bridgehead atoms. The monoisotopic (exact) mass is 426 g/mol. The van der Waals surface area contributed by atoms with Crippen molar-refractivity contribution >= 4 is 23.3 Å². The van der Waals surface area contributed by atoms with Gasteiger partial charge in [-0.3, -0.25) is 19.2 Å². The van der Waals surface area contributed by atoms with Crippen LogP contribution in [0, 0.1) is 33.5 Å². The third kappa shape index (κ3) is 2.61. The number of allylic oxidation sites excluding steroid dienone is 3. The minimum Gasteiger partial charge on any atom is -0.454 e. The summed E-state index contributed by atoms with van der Waals surface area (Å²) in [4.78, 5) is 51.1. The summed E-state index contributed by atoms with van der Waals surface area (Å²) >= 11 is 0. The van der Waals surface area contributed by atoms with Crippen molar-refractivity contribution in [3.8, 4) is 0 Å². The van der Waals surface area contributed by atoms with Crippen molar-refractivity contribution in [2.24, 2.45) is 33.5 Å². The summed E-state index contributed by atoms with van der Waals surface area (Å²) in [6.45, 7) is 13.2. The number of carbonyl (C=O) groups is 4. The third-order valence-electron chi connectivity index (χ3n) is 9.63. The van der Waals surface area contributed by atoms with Crippen LogP contribution in [-0.2, 0) is 23.9 Å². The highest BCUT2D eigenvalue weighted by molar-refractivity contribution is 5.99. The number of esters is 1. The highest BCUT2D eigenvalue weighted by Gasteiger charge is 2.69. The molecule has 0 aromatic rings. The molecule has 0 unspecified atom stereocenters. The van der Waals surface area contributed by atoms with Gasteiger partial charge in [-0.2, -0.15) is 0 Å². The van der Waals surface area contributed by atoms with Crippen molar-refractivity contribution in [1.82, 2.24) is 0 Å². The predicted octanol–water partition coefficient (Wildman–Crippen LogP) is 4.39. The van der Waals surface area contributed by atoms with Gasteiger partial charge in [-0.1, -0.05) is 52.3 Å². The van der Waals surface area contributed by atoms with Crippen LogP contribution >= 0.6 is 0 Å². The lowest BCUT2D eigenvalue weighted by Gasteiger charge is -2.63. The smallest absolute Gasteiger partial charge is 0.303 e. The maximum Gasteiger partial charge on any atom is 0.303 e. The zero-order valence-corrected chi connectivity index (χ0v) is 19.8. The molecule has 4 aliphatic carbocycles. The molecule has 0 saturated heterocycles. The summed E-state index contributed by atoms with van der Waals surface area (Å²) in [5.74, 6) is -0.525. The highest BCUT2D eigenvalue weighted by atomic mass is 16.5. The molecule has 0 N–H and O–H groups in total. The average Bonchev–Trinajstić information content (AvgIpc) is 2.91. The van der Waals surface area contributed by atoms with Crippen molar-refractivity contribution in [3.63, 3.8) is 0 Å². The molecule has 2 fully saturated rings. The number of carbonyl (C=O) groups excluding carboxylic acids is 4. The Morgan fingerprint density at radius 3 is 2.26 bits per heavy atom. The minimum absolute atomic E-state index is 0.0435. The van der Waals surface area contributed by atoms with Crippen LogP contribution in [0.1, 0.15) is 74.1 Å². The van der Waals surface area contributed by atoms with Gasteiger partial charge >= 0.3 is 5.97 Å². The van der Waals surface area contributed by atoms with Crippen molar-refractivity contribution in [1.29, 1.82) is 0 Å². The zero-order chi connectivity index (χ0) is 23.1. The molecule has 31 heavy (non-hydrogen) atoms. The lowest BCUT2D eigenvalue weighted by atomic mass is 9.39. The third-order valence-corrected chi connectivity index (χ3v) is 9.63. The zero-order valence-electron chi connectivity index (χ0n) is 19.8. The van der Waals surface area contributed by atoms with E-state index in [2.05, 4.69) is 19.9 Å². The van der Waals surface area contributed by atoms with Gasteiger partial charge in [0.2, 0.25) is 0 Å². The summed E-state index contributed by atoms with van der Waals surface area (Å²) in [7, 11) is 0. The van der Waals surface area contributed by atoms with Crippen LogP contribution in [-0.4, -0.2) is 29.4 Å². The van der Waals surface area contributed by atoms with E-state index in [9.17, 15) is 19.2 Å². The molecule has 2 saturated carbocycles. The molecule has 5 nitrogen and oxygen atoms in total. The van der Waals surface area contributed by atoms with E-state index in [1.54, 1.807) is 6.92 Å². The quantitative estimate of drug-likeness (QED) is 0.483. The topological polar surface area (TPSA) is 77.5 Å². The highest BCUT2D eigenvalue weighted by Crippen LogP contribution is 2.71. The van der Waals surface area contributed by atoms with Crippen LogP contribution in [0.25, 0.3) is 0 Å². The molecule has 0 heterocycles. The van der Waals surface area contributed by atoms with E-state index in [-0.39, 0.29) is 41.0 Å². The Kier molecular flexibility index (Phi) is 4.64. The van der Waals surface area contributed by atoms with E-state index in [1.165, 1.54) is 6.92 Å². The first-order chi connectivity index (χ1) is 14.2. The van der Waals surface area contributed by atoms with Crippen molar-refractivity contribution in [3.05, 3.63) is 23.3 Å². The Bertz CT molecular complexity index is 968. The summed E-state index contributed by atoms with van der Waals surface area (Å²) in [5.41, 5.74) is -0.170. The molecule has 168 valence electrons. The molecule has 0 amide bonds. The first kappa shape index (κ1) is 22.2. The Balaban J connectivity index is 1.82. The van der Waals surface area contributed by atoms with Gasteiger partial charge < -0.3 is 4.74 Å². The van der Waals surface area contributed by atoms with Crippen molar-refractivity contribution in [2.75, 3.05) is 0 Å². The molecule has 5 heteroatoms. The fraction of sp³-hybridized carbons (Fsp3) is 0.692. The molecule has 4 rings (SSSR count). The molecular formula is C26H34O5. The van der Waals surface area contributed by atoms with E-state index < -0.39 is 28.3 Å². The Labute approximate surface area is 184 Å². The second kappa shape index (κ2) is 6.49.